The number of carbonyl (C=O) groups excluding carboxylic acids is 2. The fourth-order valence-electron chi connectivity index (χ4n) is 4.71. The summed E-state index contributed by atoms with van der Waals surface area (Å²) in [5, 5.41) is 13.8. The average molecular weight is 435 g/mol. The number of benzene rings is 3. The summed E-state index contributed by atoms with van der Waals surface area (Å²) in [5.41, 5.74) is 0.0532. The Balaban J connectivity index is 1.42. The van der Waals surface area contributed by atoms with Gasteiger partial charge in [-0.15, -0.1) is 0 Å². The summed E-state index contributed by atoms with van der Waals surface area (Å²) >= 11 is 0. The largest absolute Gasteiger partial charge is 0.462 e. The maximum absolute atomic E-state index is 13.0. The molecule has 1 N–H and O–H groups in total. The average Bonchev–Trinajstić information content (AvgIpc) is 3.43. The first-order chi connectivity index (χ1) is 15.3. The second kappa shape index (κ2) is 8.91. The first-order valence-corrected chi connectivity index (χ1v) is 11.2. The molecule has 1 aliphatic carbocycles. The number of hydrogen-bond acceptors (Lipinski definition) is 5. The third-order valence-corrected chi connectivity index (χ3v) is 6.42. The standard InChI is InChI=1S/C27H30O5/c1-17(2)13-27(14-18(27)3)26(30)32-16-21(28)15-31-25(29)24-22-10-6-4-8-19(22)12-20-9-5-7-11-23(20)24/h4-12,17-18,21,28H,13-16H2,1-3H3. The summed E-state index contributed by atoms with van der Waals surface area (Å²) in [4.78, 5) is 25.6. The van der Waals surface area contributed by atoms with Gasteiger partial charge in [0, 0.05) is 0 Å². The maximum Gasteiger partial charge on any atom is 0.339 e. The molecule has 168 valence electrons. The van der Waals surface area contributed by atoms with Gasteiger partial charge in [0.2, 0.25) is 0 Å². The Labute approximate surface area is 188 Å². The Morgan fingerprint density at radius 1 is 1.00 bits per heavy atom. The molecule has 4 rings (SSSR count). The van der Waals surface area contributed by atoms with Crippen LogP contribution in [0.4, 0.5) is 0 Å². The minimum atomic E-state index is -1.07. The number of ether oxygens (including phenoxy) is 2. The number of carbonyl (C=O) groups is 2. The highest BCUT2D eigenvalue weighted by Crippen LogP contribution is 2.57. The lowest BCUT2D eigenvalue weighted by atomic mass is 9.92. The predicted octanol–water partition coefficient (Wildman–Crippen LogP) is 5.13. The van der Waals surface area contributed by atoms with Gasteiger partial charge in [0.1, 0.15) is 19.3 Å². The summed E-state index contributed by atoms with van der Waals surface area (Å²) < 4.78 is 10.8. The molecule has 0 saturated heterocycles. The zero-order valence-corrected chi connectivity index (χ0v) is 18.8. The molecule has 3 aromatic rings. The molecule has 0 bridgehead atoms. The lowest BCUT2D eigenvalue weighted by molar-refractivity contribution is -0.155. The summed E-state index contributed by atoms with van der Waals surface area (Å²) in [5.74, 6) is -0.0690. The van der Waals surface area contributed by atoms with Crippen molar-refractivity contribution in [3.63, 3.8) is 0 Å². The molecule has 3 aromatic carbocycles. The fraction of sp³-hybridized carbons (Fsp3) is 0.407. The van der Waals surface area contributed by atoms with Crippen molar-refractivity contribution in [2.24, 2.45) is 17.3 Å². The number of aliphatic hydroxyl groups excluding tert-OH is 1. The second-order valence-electron chi connectivity index (χ2n) is 9.40. The second-order valence-corrected chi connectivity index (χ2v) is 9.40. The number of fused-ring (bicyclic) bond motifs is 2. The van der Waals surface area contributed by atoms with Gasteiger partial charge in [0.15, 0.2) is 0 Å². The van der Waals surface area contributed by atoms with Crippen molar-refractivity contribution in [1.82, 2.24) is 0 Å². The van der Waals surface area contributed by atoms with Crippen molar-refractivity contribution in [2.45, 2.75) is 39.7 Å². The molecule has 5 nitrogen and oxygen atoms in total. The molecule has 32 heavy (non-hydrogen) atoms. The Hall–Kier alpha value is -2.92. The molecule has 5 heteroatoms. The van der Waals surface area contributed by atoms with Gasteiger partial charge in [-0.1, -0.05) is 69.3 Å². The van der Waals surface area contributed by atoms with Crippen LogP contribution in [0.5, 0.6) is 0 Å². The van der Waals surface area contributed by atoms with Crippen molar-refractivity contribution in [1.29, 1.82) is 0 Å². The van der Waals surface area contributed by atoms with Gasteiger partial charge < -0.3 is 14.6 Å². The minimum Gasteiger partial charge on any atom is -0.462 e. The normalized spacial score (nSPS) is 21.0. The first-order valence-electron chi connectivity index (χ1n) is 11.2. The van der Waals surface area contributed by atoms with Crippen LogP contribution in [0.1, 0.15) is 44.0 Å². The van der Waals surface area contributed by atoms with E-state index in [1.807, 2.05) is 54.6 Å². The third-order valence-electron chi connectivity index (χ3n) is 6.42. The van der Waals surface area contributed by atoms with Crippen LogP contribution in [-0.2, 0) is 14.3 Å². The molecule has 0 heterocycles. The highest BCUT2D eigenvalue weighted by atomic mass is 16.6. The van der Waals surface area contributed by atoms with Crippen molar-refractivity contribution in [2.75, 3.05) is 13.2 Å². The van der Waals surface area contributed by atoms with Crippen molar-refractivity contribution in [3.05, 3.63) is 60.2 Å². The van der Waals surface area contributed by atoms with Crippen LogP contribution in [0.15, 0.2) is 54.6 Å². The number of rotatable bonds is 8. The maximum atomic E-state index is 13.0. The van der Waals surface area contributed by atoms with E-state index in [0.29, 0.717) is 17.4 Å². The molecule has 1 aliphatic rings. The van der Waals surface area contributed by atoms with Crippen LogP contribution >= 0.6 is 0 Å². The lowest BCUT2D eigenvalue weighted by Gasteiger charge is -2.19. The van der Waals surface area contributed by atoms with E-state index in [1.165, 1.54) is 0 Å². The predicted molar refractivity (Wildman–Crippen MR) is 124 cm³/mol. The van der Waals surface area contributed by atoms with Gasteiger partial charge in [-0.25, -0.2) is 4.79 Å². The van der Waals surface area contributed by atoms with Gasteiger partial charge >= 0.3 is 11.9 Å². The van der Waals surface area contributed by atoms with Crippen LogP contribution < -0.4 is 0 Å². The molecule has 0 spiro atoms. The first kappa shape index (κ1) is 22.3. The van der Waals surface area contributed by atoms with Gasteiger partial charge in [-0.3, -0.25) is 4.79 Å². The van der Waals surface area contributed by atoms with E-state index in [0.717, 1.165) is 34.4 Å². The van der Waals surface area contributed by atoms with Gasteiger partial charge in [-0.05, 0) is 52.3 Å². The summed E-state index contributed by atoms with van der Waals surface area (Å²) in [6, 6.07) is 17.4. The van der Waals surface area contributed by atoms with E-state index < -0.39 is 17.5 Å². The number of hydrogen-bond donors (Lipinski definition) is 1. The van der Waals surface area contributed by atoms with E-state index in [4.69, 9.17) is 9.47 Å². The fourth-order valence-corrected chi connectivity index (χ4v) is 4.71. The smallest absolute Gasteiger partial charge is 0.339 e. The van der Waals surface area contributed by atoms with Gasteiger partial charge in [0.05, 0.1) is 11.0 Å². The van der Waals surface area contributed by atoms with Crippen molar-refractivity contribution < 1.29 is 24.2 Å². The molecule has 1 fully saturated rings. The summed E-state index contributed by atoms with van der Waals surface area (Å²) in [6.07, 6.45) is 0.532. The molecule has 3 unspecified atom stereocenters. The third kappa shape index (κ3) is 4.35. The van der Waals surface area contributed by atoms with Crippen LogP contribution in [0.2, 0.25) is 0 Å². The summed E-state index contributed by atoms with van der Waals surface area (Å²) in [7, 11) is 0. The van der Waals surface area contributed by atoms with E-state index in [1.54, 1.807) is 0 Å². The van der Waals surface area contributed by atoms with Crippen LogP contribution in [0, 0.1) is 17.3 Å². The zero-order chi connectivity index (χ0) is 22.9. The quantitative estimate of drug-likeness (QED) is 0.393. The summed E-state index contributed by atoms with van der Waals surface area (Å²) in [6.45, 7) is 5.80. The molecule has 1 saturated carbocycles. The Kier molecular flexibility index (Phi) is 6.20. The lowest BCUT2D eigenvalue weighted by Crippen LogP contribution is -2.29. The van der Waals surface area contributed by atoms with Crippen molar-refractivity contribution in [3.8, 4) is 0 Å². The highest BCUT2D eigenvalue weighted by molar-refractivity contribution is 6.16. The zero-order valence-electron chi connectivity index (χ0n) is 18.8. The monoisotopic (exact) mass is 434 g/mol. The minimum absolute atomic E-state index is 0.186. The van der Waals surface area contributed by atoms with E-state index >= 15 is 0 Å². The highest BCUT2D eigenvalue weighted by Gasteiger charge is 2.58. The van der Waals surface area contributed by atoms with Gasteiger partial charge in [-0.2, -0.15) is 0 Å². The Morgan fingerprint density at radius 2 is 1.53 bits per heavy atom. The number of aliphatic hydroxyl groups is 1. The molecule has 0 radical (unpaired) electrons. The van der Waals surface area contributed by atoms with E-state index in [2.05, 4.69) is 20.8 Å². The molecule has 3 atom stereocenters. The molecule has 0 amide bonds. The Morgan fingerprint density at radius 3 is 2.06 bits per heavy atom. The molecular weight excluding hydrogens is 404 g/mol. The van der Waals surface area contributed by atoms with Crippen molar-refractivity contribution >= 4 is 33.5 Å². The Bertz CT molecular complexity index is 1100. The van der Waals surface area contributed by atoms with E-state index in [9.17, 15) is 14.7 Å². The van der Waals surface area contributed by atoms with E-state index in [-0.39, 0.29) is 19.2 Å². The van der Waals surface area contributed by atoms with Crippen LogP contribution in [-0.4, -0.2) is 36.4 Å². The van der Waals surface area contributed by atoms with Gasteiger partial charge in [0.25, 0.3) is 0 Å². The van der Waals surface area contributed by atoms with Crippen LogP contribution in [0.3, 0.4) is 0 Å². The molecular formula is C27H30O5. The topological polar surface area (TPSA) is 72.8 Å². The SMILES string of the molecule is CC(C)CC1(C(=O)OCC(O)COC(=O)c2c3ccccc3cc3ccccc23)CC1C. The molecule has 0 aromatic heterocycles. The molecule has 0 aliphatic heterocycles. The van der Waals surface area contributed by atoms with Crippen LogP contribution in [0.25, 0.3) is 21.5 Å². The number of esters is 2.